The van der Waals surface area contributed by atoms with E-state index in [0.29, 0.717) is 30.6 Å². The van der Waals surface area contributed by atoms with Crippen LogP contribution in [0.5, 0.6) is 0 Å². The highest BCUT2D eigenvalue weighted by Gasteiger charge is 2.22. The van der Waals surface area contributed by atoms with Crippen LogP contribution >= 0.6 is 0 Å². The van der Waals surface area contributed by atoms with Crippen molar-refractivity contribution >= 4 is 0 Å². The third-order valence-corrected chi connectivity index (χ3v) is 3.43. The van der Waals surface area contributed by atoms with Gasteiger partial charge in [0.2, 0.25) is 5.89 Å². The van der Waals surface area contributed by atoms with Crippen molar-refractivity contribution in [1.29, 1.82) is 0 Å². The molecule has 0 aliphatic heterocycles. The second-order valence-electron chi connectivity index (χ2n) is 4.92. The SMILES string of the molecule is COCc1cc(Cc2nc(C3CCCC3)no2)no1. The van der Waals surface area contributed by atoms with E-state index in [1.807, 2.05) is 6.07 Å². The largest absolute Gasteiger partial charge is 0.377 e. The molecule has 19 heavy (non-hydrogen) atoms. The highest BCUT2D eigenvalue weighted by atomic mass is 16.5. The predicted octanol–water partition coefficient (Wildman–Crippen LogP) is 2.45. The second kappa shape index (κ2) is 5.52. The van der Waals surface area contributed by atoms with Crippen LogP contribution in [0.3, 0.4) is 0 Å². The van der Waals surface area contributed by atoms with E-state index in [4.69, 9.17) is 13.8 Å². The molecule has 0 saturated heterocycles. The fraction of sp³-hybridized carbons (Fsp3) is 0.615. The Balaban J connectivity index is 1.65. The molecule has 2 heterocycles. The average molecular weight is 263 g/mol. The number of nitrogens with zero attached hydrogens (tertiary/aromatic N) is 3. The molecule has 6 nitrogen and oxygen atoms in total. The van der Waals surface area contributed by atoms with E-state index in [2.05, 4.69) is 15.3 Å². The number of hydrogen-bond acceptors (Lipinski definition) is 6. The van der Waals surface area contributed by atoms with Gasteiger partial charge in [-0.1, -0.05) is 23.2 Å². The van der Waals surface area contributed by atoms with Crippen molar-refractivity contribution in [2.75, 3.05) is 7.11 Å². The number of methoxy groups -OCH3 is 1. The van der Waals surface area contributed by atoms with E-state index in [1.165, 1.54) is 25.7 Å². The molecule has 0 atom stereocenters. The first-order valence-corrected chi connectivity index (χ1v) is 6.61. The summed E-state index contributed by atoms with van der Waals surface area (Å²) in [6, 6.07) is 1.85. The first-order valence-electron chi connectivity index (χ1n) is 6.61. The number of ether oxygens (including phenoxy) is 1. The Kier molecular flexibility index (Phi) is 3.59. The zero-order valence-corrected chi connectivity index (χ0v) is 11.0. The quantitative estimate of drug-likeness (QED) is 0.824. The summed E-state index contributed by atoms with van der Waals surface area (Å²) in [5, 5.41) is 8.02. The van der Waals surface area contributed by atoms with Gasteiger partial charge in [-0.2, -0.15) is 4.98 Å². The van der Waals surface area contributed by atoms with Crippen LogP contribution in [0.25, 0.3) is 0 Å². The van der Waals surface area contributed by atoms with Crippen molar-refractivity contribution in [1.82, 2.24) is 15.3 Å². The van der Waals surface area contributed by atoms with Crippen molar-refractivity contribution in [2.45, 2.75) is 44.6 Å². The van der Waals surface area contributed by atoms with E-state index in [0.717, 1.165) is 11.5 Å². The zero-order valence-electron chi connectivity index (χ0n) is 11.0. The third kappa shape index (κ3) is 2.84. The molecular formula is C13H17N3O3. The van der Waals surface area contributed by atoms with Gasteiger partial charge in [-0.25, -0.2) is 0 Å². The highest BCUT2D eigenvalue weighted by Crippen LogP contribution is 2.32. The van der Waals surface area contributed by atoms with Crippen LogP contribution in [0, 0.1) is 0 Å². The molecule has 1 fully saturated rings. The summed E-state index contributed by atoms with van der Waals surface area (Å²) < 4.78 is 15.4. The minimum Gasteiger partial charge on any atom is -0.377 e. The van der Waals surface area contributed by atoms with Crippen LogP contribution in [0.1, 0.15) is 54.8 Å². The predicted molar refractivity (Wildman–Crippen MR) is 65.5 cm³/mol. The standard InChI is InChI=1S/C13H17N3O3/c1-17-8-11-6-10(15-18-11)7-12-14-13(16-19-12)9-4-2-3-5-9/h6,9H,2-5,7-8H2,1H3. The number of hydrogen-bond donors (Lipinski definition) is 0. The summed E-state index contributed by atoms with van der Waals surface area (Å²) in [6.45, 7) is 0.421. The Bertz CT molecular complexity index is 529. The Labute approximate surface area is 111 Å². The molecule has 6 heteroatoms. The molecule has 1 aliphatic carbocycles. The van der Waals surface area contributed by atoms with Gasteiger partial charge in [-0.15, -0.1) is 0 Å². The summed E-state index contributed by atoms with van der Waals surface area (Å²) >= 11 is 0. The highest BCUT2D eigenvalue weighted by molar-refractivity contribution is 5.10. The van der Waals surface area contributed by atoms with E-state index in [-0.39, 0.29) is 0 Å². The minimum atomic E-state index is 0.421. The molecule has 0 amide bonds. The summed E-state index contributed by atoms with van der Waals surface area (Å²) in [5.74, 6) is 2.61. The van der Waals surface area contributed by atoms with Crippen LogP contribution in [0.2, 0.25) is 0 Å². The van der Waals surface area contributed by atoms with Gasteiger partial charge in [-0.3, -0.25) is 0 Å². The van der Waals surface area contributed by atoms with Crippen LogP contribution in [-0.4, -0.2) is 22.4 Å². The van der Waals surface area contributed by atoms with E-state index in [1.54, 1.807) is 7.11 Å². The third-order valence-electron chi connectivity index (χ3n) is 3.43. The Morgan fingerprint density at radius 2 is 2.11 bits per heavy atom. The fourth-order valence-electron chi connectivity index (χ4n) is 2.49. The van der Waals surface area contributed by atoms with Gasteiger partial charge in [0.25, 0.3) is 0 Å². The monoisotopic (exact) mass is 263 g/mol. The van der Waals surface area contributed by atoms with Crippen molar-refractivity contribution in [3.8, 4) is 0 Å². The summed E-state index contributed by atoms with van der Waals surface area (Å²) in [7, 11) is 1.62. The molecule has 0 N–H and O–H groups in total. The van der Waals surface area contributed by atoms with Gasteiger partial charge >= 0.3 is 0 Å². The maximum Gasteiger partial charge on any atom is 0.232 e. The lowest BCUT2D eigenvalue weighted by Gasteiger charge is -1.99. The summed E-state index contributed by atoms with van der Waals surface area (Å²) in [6.07, 6.45) is 5.37. The fourth-order valence-corrected chi connectivity index (χ4v) is 2.49. The van der Waals surface area contributed by atoms with Crippen LogP contribution in [0.15, 0.2) is 15.1 Å². The van der Waals surface area contributed by atoms with E-state index >= 15 is 0 Å². The smallest absolute Gasteiger partial charge is 0.232 e. The Hall–Kier alpha value is -1.69. The molecule has 0 spiro atoms. The van der Waals surface area contributed by atoms with E-state index in [9.17, 15) is 0 Å². The number of aromatic nitrogens is 3. The first kappa shape index (κ1) is 12.3. The van der Waals surface area contributed by atoms with Crippen LogP contribution in [0.4, 0.5) is 0 Å². The molecule has 2 aromatic rings. The van der Waals surface area contributed by atoms with Crippen molar-refractivity contribution < 1.29 is 13.8 Å². The molecular weight excluding hydrogens is 246 g/mol. The topological polar surface area (TPSA) is 74.2 Å². The minimum absolute atomic E-state index is 0.421. The normalized spacial score (nSPS) is 16.3. The molecule has 1 saturated carbocycles. The molecule has 2 aromatic heterocycles. The molecule has 3 rings (SSSR count). The number of rotatable bonds is 5. The van der Waals surface area contributed by atoms with Crippen molar-refractivity contribution in [3.05, 3.63) is 29.2 Å². The first-order chi connectivity index (χ1) is 9.35. The molecule has 102 valence electrons. The molecule has 0 unspecified atom stereocenters. The van der Waals surface area contributed by atoms with Crippen LogP contribution in [-0.2, 0) is 17.8 Å². The molecule has 0 bridgehead atoms. The lowest BCUT2D eigenvalue weighted by atomic mass is 10.1. The van der Waals surface area contributed by atoms with Gasteiger partial charge in [0.15, 0.2) is 11.6 Å². The average Bonchev–Trinajstić information content (AvgIpc) is 3.10. The maximum atomic E-state index is 5.28. The van der Waals surface area contributed by atoms with Crippen molar-refractivity contribution in [3.63, 3.8) is 0 Å². The van der Waals surface area contributed by atoms with E-state index < -0.39 is 0 Å². The molecule has 1 aliphatic rings. The Morgan fingerprint density at radius 3 is 2.89 bits per heavy atom. The zero-order chi connectivity index (χ0) is 13.1. The van der Waals surface area contributed by atoms with Gasteiger partial charge in [0.05, 0.1) is 12.1 Å². The van der Waals surface area contributed by atoms with Crippen molar-refractivity contribution in [2.24, 2.45) is 0 Å². The van der Waals surface area contributed by atoms with Gasteiger partial charge in [-0.05, 0) is 12.8 Å². The van der Waals surface area contributed by atoms with Gasteiger partial charge in [0, 0.05) is 19.1 Å². The van der Waals surface area contributed by atoms with Gasteiger partial charge < -0.3 is 13.8 Å². The molecule has 0 aromatic carbocycles. The second-order valence-corrected chi connectivity index (χ2v) is 4.92. The van der Waals surface area contributed by atoms with Gasteiger partial charge in [0.1, 0.15) is 6.61 Å². The summed E-state index contributed by atoms with van der Waals surface area (Å²) in [4.78, 5) is 4.45. The molecule has 0 radical (unpaired) electrons. The lowest BCUT2D eigenvalue weighted by molar-refractivity contribution is 0.156. The summed E-state index contributed by atoms with van der Waals surface area (Å²) in [5.41, 5.74) is 0.786. The lowest BCUT2D eigenvalue weighted by Crippen LogP contribution is -1.95. The van der Waals surface area contributed by atoms with Crippen LogP contribution < -0.4 is 0 Å². The maximum absolute atomic E-state index is 5.28. The Morgan fingerprint density at radius 1 is 1.26 bits per heavy atom.